The van der Waals surface area contributed by atoms with Gasteiger partial charge in [-0.15, -0.1) is 0 Å². The summed E-state index contributed by atoms with van der Waals surface area (Å²) in [6.07, 6.45) is -2.13. The molecule has 0 heterocycles. The van der Waals surface area contributed by atoms with Gasteiger partial charge in [-0.05, 0) is 29.6 Å². The molecule has 0 aliphatic rings. The van der Waals surface area contributed by atoms with Crippen LogP contribution in [0, 0.1) is 0 Å². The van der Waals surface area contributed by atoms with Gasteiger partial charge in [0.1, 0.15) is 6.10 Å². The van der Waals surface area contributed by atoms with E-state index in [1.807, 2.05) is 0 Å². The van der Waals surface area contributed by atoms with Gasteiger partial charge in [-0.3, -0.25) is 0 Å². The van der Waals surface area contributed by atoms with Crippen LogP contribution in [0.4, 0.5) is 0 Å². The van der Waals surface area contributed by atoms with Crippen LogP contribution in [0.5, 0.6) is 0 Å². The van der Waals surface area contributed by atoms with Crippen molar-refractivity contribution in [1.29, 1.82) is 0 Å². The lowest BCUT2D eigenvalue weighted by molar-refractivity contribution is 0.0150. The van der Waals surface area contributed by atoms with Crippen molar-refractivity contribution in [2.45, 2.75) is 18.6 Å². The molecule has 5 nitrogen and oxygen atoms in total. The highest BCUT2D eigenvalue weighted by Crippen LogP contribution is 2.34. The van der Waals surface area contributed by atoms with Crippen molar-refractivity contribution < 1.29 is 10.2 Å². The maximum absolute atomic E-state index is 9.88. The van der Waals surface area contributed by atoms with E-state index in [0.717, 1.165) is 0 Å². The van der Waals surface area contributed by atoms with Crippen molar-refractivity contribution in [2.75, 3.05) is 6.54 Å². The zero-order valence-corrected chi connectivity index (χ0v) is 11.4. The molecular formula is C10H10Cl3N3O2. The van der Waals surface area contributed by atoms with Gasteiger partial charge in [-0.25, -0.2) is 0 Å². The third kappa shape index (κ3) is 3.92. The van der Waals surface area contributed by atoms with E-state index in [1.54, 1.807) is 0 Å². The van der Waals surface area contributed by atoms with Gasteiger partial charge in [0.2, 0.25) is 0 Å². The predicted molar refractivity (Wildman–Crippen MR) is 71.1 cm³/mol. The number of hydrogen-bond acceptors (Lipinski definition) is 3. The molecular weight excluding hydrogens is 300 g/mol. The van der Waals surface area contributed by atoms with Crippen molar-refractivity contribution in [1.82, 2.24) is 0 Å². The first-order valence-electron chi connectivity index (χ1n) is 4.98. The summed E-state index contributed by atoms with van der Waals surface area (Å²) in [5, 5.41) is 23.4. The second kappa shape index (κ2) is 7.04. The Morgan fingerprint density at radius 3 is 2.28 bits per heavy atom. The number of azide groups is 1. The summed E-state index contributed by atoms with van der Waals surface area (Å²) in [6.45, 7) is 0.0871. The molecule has 0 radical (unpaired) electrons. The normalized spacial score (nSPS) is 13.8. The minimum Gasteiger partial charge on any atom is -0.390 e. The molecule has 1 aromatic carbocycles. The molecule has 1 aromatic rings. The first kappa shape index (κ1) is 15.4. The first-order chi connectivity index (χ1) is 8.47. The number of rotatable bonds is 5. The fourth-order valence-electron chi connectivity index (χ4n) is 1.36. The maximum Gasteiger partial charge on any atom is 0.105 e. The average molecular weight is 311 g/mol. The summed E-state index contributed by atoms with van der Waals surface area (Å²) in [5.74, 6) is 0. The Morgan fingerprint density at radius 2 is 1.78 bits per heavy atom. The van der Waals surface area contributed by atoms with Gasteiger partial charge in [-0.1, -0.05) is 39.9 Å². The van der Waals surface area contributed by atoms with Crippen molar-refractivity contribution >= 4 is 34.8 Å². The van der Waals surface area contributed by atoms with E-state index in [4.69, 9.17) is 40.3 Å². The van der Waals surface area contributed by atoms with Crippen molar-refractivity contribution in [3.05, 3.63) is 43.2 Å². The Labute approximate surface area is 119 Å². The predicted octanol–water partition coefficient (Wildman–Crippen LogP) is 3.74. The number of benzene rings is 1. The number of nitrogens with zero attached hydrogens (tertiary/aromatic N) is 3. The van der Waals surface area contributed by atoms with Gasteiger partial charge < -0.3 is 10.2 Å². The van der Waals surface area contributed by atoms with Gasteiger partial charge in [0, 0.05) is 11.5 Å². The fourth-order valence-corrected chi connectivity index (χ4v) is 1.97. The van der Waals surface area contributed by atoms with Crippen LogP contribution in [-0.4, -0.2) is 22.9 Å². The van der Waals surface area contributed by atoms with Crippen LogP contribution < -0.4 is 0 Å². The monoisotopic (exact) mass is 309 g/mol. The molecule has 0 spiro atoms. The van der Waals surface area contributed by atoms with Crippen molar-refractivity contribution in [3.63, 3.8) is 0 Å². The Balaban J connectivity index is 2.83. The molecule has 0 saturated carbocycles. The molecule has 0 amide bonds. The van der Waals surface area contributed by atoms with Crippen molar-refractivity contribution in [2.24, 2.45) is 5.11 Å². The van der Waals surface area contributed by atoms with Gasteiger partial charge >= 0.3 is 0 Å². The lowest BCUT2D eigenvalue weighted by Crippen LogP contribution is -2.19. The van der Waals surface area contributed by atoms with Gasteiger partial charge in [0.05, 0.1) is 21.2 Å². The van der Waals surface area contributed by atoms with E-state index in [2.05, 4.69) is 10.0 Å². The van der Waals surface area contributed by atoms with Crippen LogP contribution in [0.1, 0.15) is 18.1 Å². The second-order valence-electron chi connectivity index (χ2n) is 3.55. The molecule has 0 aromatic heterocycles. The summed E-state index contributed by atoms with van der Waals surface area (Å²) >= 11 is 17.4. The van der Waals surface area contributed by atoms with Crippen LogP contribution >= 0.6 is 34.8 Å². The lowest BCUT2D eigenvalue weighted by Gasteiger charge is -2.18. The Bertz CT molecular complexity index is 454. The Morgan fingerprint density at radius 1 is 1.22 bits per heavy atom. The van der Waals surface area contributed by atoms with Crippen LogP contribution in [-0.2, 0) is 0 Å². The number of halogens is 3. The molecule has 0 fully saturated rings. The SMILES string of the molecule is [N-]=[N+]=NCCC(O)C(O)c1cc(Cl)c(Cl)c(Cl)c1. The molecule has 8 heteroatoms. The molecule has 0 bridgehead atoms. The molecule has 0 saturated heterocycles. The quantitative estimate of drug-likeness (QED) is 0.375. The van der Waals surface area contributed by atoms with Gasteiger partial charge in [-0.2, -0.15) is 0 Å². The minimum absolute atomic E-state index is 0.0871. The molecule has 1 rings (SSSR count). The maximum atomic E-state index is 9.88. The molecule has 2 atom stereocenters. The standard InChI is InChI=1S/C10H10Cl3N3O2/c11-6-3-5(4-7(12)9(6)13)10(18)8(17)1-2-15-16-14/h3-4,8,10,17-18H,1-2H2. The van der Waals surface area contributed by atoms with Crippen LogP contribution in [0.15, 0.2) is 17.2 Å². The average Bonchev–Trinajstić information content (AvgIpc) is 2.34. The van der Waals surface area contributed by atoms with Crippen molar-refractivity contribution in [3.8, 4) is 0 Å². The smallest absolute Gasteiger partial charge is 0.105 e. The number of aliphatic hydroxyl groups excluding tert-OH is 2. The molecule has 2 unspecified atom stereocenters. The summed E-state index contributed by atoms with van der Waals surface area (Å²) in [6, 6.07) is 2.86. The largest absolute Gasteiger partial charge is 0.390 e. The molecule has 0 aliphatic heterocycles. The highest BCUT2D eigenvalue weighted by atomic mass is 35.5. The molecule has 98 valence electrons. The summed E-state index contributed by atoms with van der Waals surface area (Å²) in [5.41, 5.74) is 8.45. The highest BCUT2D eigenvalue weighted by molar-refractivity contribution is 6.48. The van der Waals surface area contributed by atoms with Gasteiger partial charge in [0.25, 0.3) is 0 Å². The van der Waals surface area contributed by atoms with Crippen LogP contribution in [0.2, 0.25) is 15.1 Å². The number of hydrogen-bond donors (Lipinski definition) is 2. The third-order valence-electron chi connectivity index (χ3n) is 2.30. The van der Waals surface area contributed by atoms with E-state index >= 15 is 0 Å². The fraction of sp³-hybridized carbons (Fsp3) is 0.400. The molecule has 2 N–H and O–H groups in total. The minimum atomic E-state index is -1.17. The highest BCUT2D eigenvalue weighted by Gasteiger charge is 2.20. The van der Waals surface area contributed by atoms with Gasteiger partial charge in [0.15, 0.2) is 0 Å². The van der Waals surface area contributed by atoms with E-state index in [1.165, 1.54) is 12.1 Å². The third-order valence-corrected chi connectivity index (χ3v) is 3.50. The van der Waals surface area contributed by atoms with Crippen LogP contribution in [0.25, 0.3) is 10.4 Å². The topological polar surface area (TPSA) is 89.2 Å². The van der Waals surface area contributed by atoms with E-state index < -0.39 is 12.2 Å². The van der Waals surface area contributed by atoms with Crippen LogP contribution in [0.3, 0.4) is 0 Å². The lowest BCUT2D eigenvalue weighted by atomic mass is 10.0. The summed E-state index contributed by atoms with van der Waals surface area (Å²) in [4.78, 5) is 2.55. The summed E-state index contributed by atoms with van der Waals surface area (Å²) < 4.78 is 0. The second-order valence-corrected chi connectivity index (χ2v) is 4.75. The van der Waals surface area contributed by atoms with E-state index in [-0.39, 0.29) is 28.0 Å². The number of aliphatic hydroxyl groups is 2. The Kier molecular flexibility index (Phi) is 6.02. The van der Waals surface area contributed by atoms with E-state index in [0.29, 0.717) is 5.56 Å². The molecule has 18 heavy (non-hydrogen) atoms. The zero-order valence-electron chi connectivity index (χ0n) is 9.09. The first-order valence-corrected chi connectivity index (χ1v) is 6.12. The summed E-state index contributed by atoms with van der Waals surface area (Å²) in [7, 11) is 0. The zero-order chi connectivity index (χ0) is 13.7. The Hall–Kier alpha value is -0.680. The van der Waals surface area contributed by atoms with E-state index in [9.17, 15) is 10.2 Å². The molecule has 0 aliphatic carbocycles.